The fourth-order valence-electron chi connectivity index (χ4n) is 2.66. The molecule has 1 saturated heterocycles. The molecule has 25 heavy (non-hydrogen) atoms. The van der Waals surface area contributed by atoms with Gasteiger partial charge in [-0.05, 0) is 23.5 Å². The number of hydrogen-bond donors (Lipinski definition) is 1. The number of nitrogens with one attached hydrogen (secondary N) is 1. The van der Waals surface area contributed by atoms with Gasteiger partial charge in [-0.1, -0.05) is 45.9 Å². The Balaban J connectivity index is 2.09. The van der Waals surface area contributed by atoms with Crippen LogP contribution in [0.3, 0.4) is 0 Å². The van der Waals surface area contributed by atoms with Gasteiger partial charge < -0.3 is 5.32 Å². The van der Waals surface area contributed by atoms with Crippen molar-refractivity contribution < 1.29 is 19.2 Å². The van der Waals surface area contributed by atoms with Gasteiger partial charge in [0.25, 0.3) is 0 Å². The van der Waals surface area contributed by atoms with E-state index < -0.39 is 30.3 Å². The van der Waals surface area contributed by atoms with E-state index in [2.05, 4.69) is 5.32 Å². The highest BCUT2D eigenvalue weighted by Gasteiger charge is 2.45. The lowest BCUT2D eigenvalue weighted by molar-refractivity contribution is -0.143. The van der Waals surface area contributed by atoms with Gasteiger partial charge in [0, 0.05) is 12.2 Å². The van der Waals surface area contributed by atoms with Crippen LogP contribution in [0.5, 0.6) is 0 Å². The van der Waals surface area contributed by atoms with E-state index in [1.807, 2.05) is 39.8 Å². The minimum absolute atomic E-state index is 0.0346. The first-order valence-electron chi connectivity index (χ1n) is 8.28. The lowest BCUT2D eigenvalue weighted by atomic mass is 10.0. The highest BCUT2D eigenvalue weighted by molar-refractivity contribution is 6.45. The molecule has 0 bridgehead atoms. The maximum absolute atomic E-state index is 12.3. The number of nitrogens with zero attached hydrogens (tertiary/aromatic N) is 2. The molecule has 0 atom stereocenters. The van der Waals surface area contributed by atoms with Gasteiger partial charge in [-0.2, -0.15) is 0 Å². The molecule has 5 amide bonds. The summed E-state index contributed by atoms with van der Waals surface area (Å²) in [6.07, 6.45) is 0. The molecule has 0 spiro atoms. The smallest absolute Gasteiger partial charge is 0.324 e. The van der Waals surface area contributed by atoms with Crippen molar-refractivity contribution >= 4 is 29.4 Å². The van der Waals surface area contributed by atoms with Gasteiger partial charge in [0.15, 0.2) is 0 Å². The van der Waals surface area contributed by atoms with E-state index in [1.165, 1.54) is 0 Å². The molecule has 7 nitrogen and oxygen atoms in total. The number of carbonyl (C=O) groups excluding carboxylic acids is 4. The zero-order valence-electron chi connectivity index (χ0n) is 14.9. The molecule has 7 heteroatoms. The van der Waals surface area contributed by atoms with Gasteiger partial charge in [-0.15, -0.1) is 0 Å². The quantitative estimate of drug-likeness (QED) is 0.632. The van der Waals surface area contributed by atoms with Crippen LogP contribution >= 0.6 is 0 Å². The SMILES string of the molecule is CC(C)CN1C(=O)C(=O)N(CC(=O)Nc2ccccc2C(C)C)C1=O. The molecule has 1 heterocycles. The number of amides is 5. The number of anilines is 1. The maximum atomic E-state index is 12.3. The van der Waals surface area contributed by atoms with Crippen LogP contribution < -0.4 is 5.32 Å². The second-order valence-corrected chi connectivity index (χ2v) is 6.77. The molecule has 0 unspecified atom stereocenters. The van der Waals surface area contributed by atoms with Gasteiger partial charge in [-0.25, -0.2) is 9.69 Å². The van der Waals surface area contributed by atoms with Gasteiger partial charge in [0.05, 0.1) is 0 Å². The second kappa shape index (κ2) is 7.46. The molecular formula is C18H23N3O4. The van der Waals surface area contributed by atoms with Gasteiger partial charge in [0.1, 0.15) is 6.54 Å². The van der Waals surface area contributed by atoms with Crippen molar-refractivity contribution in [3.05, 3.63) is 29.8 Å². The molecule has 1 aromatic rings. The molecule has 1 aliphatic rings. The summed E-state index contributed by atoms with van der Waals surface area (Å²) in [6.45, 7) is 7.34. The number of rotatable bonds is 6. The molecule has 2 rings (SSSR count). The van der Waals surface area contributed by atoms with E-state index >= 15 is 0 Å². The van der Waals surface area contributed by atoms with Gasteiger partial charge in [-0.3, -0.25) is 19.3 Å². The highest BCUT2D eigenvalue weighted by Crippen LogP contribution is 2.23. The Morgan fingerprint density at radius 2 is 1.60 bits per heavy atom. The van der Waals surface area contributed by atoms with E-state index in [1.54, 1.807) is 12.1 Å². The standard InChI is InChI=1S/C18H23N3O4/c1-11(2)9-20-16(23)17(24)21(18(20)25)10-15(22)19-14-8-6-5-7-13(14)12(3)4/h5-8,11-12H,9-10H2,1-4H3,(H,19,22). The Labute approximate surface area is 147 Å². The molecule has 0 aromatic heterocycles. The topological polar surface area (TPSA) is 86.8 Å². The number of carbonyl (C=O) groups is 4. The summed E-state index contributed by atoms with van der Waals surface area (Å²) in [7, 11) is 0. The summed E-state index contributed by atoms with van der Waals surface area (Å²) in [6, 6.07) is 6.59. The van der Waals surface area contributed by atoms with Crippen LogP contribution in [0.4, 0.5) is 10.5 Å². The summed E-state index contributed by atoms with van der Waals surface area (Å²) in [5.74, 6) is -2.12. The van der Waals surface area contributed by atoms with Crippen molar-refractivity contribution in [1.29, 1.82) is 0 Å². The first-order valence-corrected chi connectivity index (χ1v) is 8.28. The van der Waals surface area contributed by atoms with E-state index in [0.29, 0.717) is 10.6 Å². The summed E-state index contributed by atoms with van der Waals surface area (Å²) in [5.41, 5.74) is 1.58. The van der Waals surface area contributed by atoms with Crippen LogP contribution in [0.2, 0.25) is 0 Å². The molecule has 1 N–H and O–H groups in total. The first-order chi connectivity index (χ1) is 11.7. The average molecular weight is 345 g/mol. The second-order valence-electron chi connectivity index (χ2n) is 6.77. The van der Waals surface area contributed by atoms with Crippen LogP contribution in [0.25, 0.3) is 0 Å². The number of imide groups is 2. The van der Waals surface area contributed by atoms with Crippen molar-refractivity contribution in [2.75, 3.05) is 18.4 Å². The molecule has 134 valence electrons. The average Bonchev–Trinajstić information content (AvgIpc) is 2.72. The summed E-state index contributed by atoms with van der Waals surface area (Å²) in [5, 5.41) is 2.72. The minimum Gasteiger partial charge on any atom is -0.324 e. The van der Waals surface area contributed by atoms with Crippen LogP contribution in [0.15, 0.2) is 24.3 Å². The molecule has 1 aliphatic heterocycles. The number of para-hydroxylation sites is 1. The van der Waals surface area contributed by atoms with Crippen LogP contribution in [0, 0.1) is 5.92 Å². The number of urea groups is 1. The molecular weight excluding hydrogens is 322 g/mol. The van der Waals surface area contributed by atoms with Crippen molar-refractivity contribution in [2.24, 2.45) is 5.92 Å². The minimum atomic E-state index is -0.960. The fourth-order valence-corrected chi connectivity index (χ4v) is 2.66. The number of benzene rings is 1. The molecule has 0 saturated carbocycles. The lowest BCUT2D eigenvalue weighted by Gasteiger charge is -2.18. The first kappa shape index (κ1) is 18.6. The molecule has 0 aliphatic carbocycles. The van der Waals surface area contributed by atoms with Crippen molar-refractivity contribution in [3.63, 3.8) is 0 Å². The third-order valence-electron chi connectivity index (χ3n) is 3.84. The summed E-state index contributed by atoms with van der Waals surface area (Å²) < 4.78 is 0. The van der Waals surface area contributed by atoms with Crippen LogP contribution in [0.1, 0.15) is 39.2 Å². The molecule has 1 aromatic carbocycles. The Bertz CT molecular complexity index is 712. The number of hydrogen-bond acceptors (Lipinski definition) is 4. The predicted octanol–water partition coefficient (Wildman–Crippen LogP) is 2.20. The highest BCUT2D eigenvalue weighted by atomic mass is 16.2. The van der Waals surface area contributed by atoms with E-state index in [-0.39, 0.29) is 18.4 Å². The zero-order chi connectivity index (χ0) is 18.7. The third-order valence-corrected chi connectivity index (χ3v) is 3.84. The van der Waals surface area contributed by atoms with E-state index in [9.17, 15) is 19.2 Å². The van der Waals surface area contributed by atoms with Crippen molar-refractivity contribution in [1.82, 2.24) is 9.80 Å². The third kappa shape index (κ3) is 4.04. The Morgan fingerprint density at radius 3 is 2.20 bits per heavy atom. The van der Waals surface area contributed by atoms with Crippen LogP contribution in [-0.4, -0.2) is 46.6 Å². The Morgan fingerprint density at radius 1 is 1.00 bits per heavy atom. The molecule has 0 radical (unpaired) electrons. The summed E-state index contributed by atoms with van der Waals surface area (Å²) >= 11 is 0. The van der Waals surface area contributed by atoms with Crippen molar-refractivity contribution in [3.8, 4) is 0 Å². The van der Waals surface area contributed by atoms with Gasteiger partial charge >= 0.3 is 17.8 Å². The predicted molar refractivity (Wildman–Crippen MR) is 92.8 cm³/mol. The Hall–Kier alpha value is -2.70. The monoisotopic (exact) mass is 345 g/mol. The zero-order valence-corrected chi connectivity index (χ0v) is 14.9. The van der Waals surface area contributed by atoms with E-state index in [0.717, 1.165) is 10.5 Å². The normalized spacial score (nSPS) is 14.9. The molecule has 1 fully saturated rings. The van der Waals surface area contributed by atoms with E-state index in [4.69, 9.17) is 0 Å². The maximum Gasteiger partial charge on any atom is 0.334 e. The Kier molecular flexibility index (Phi) is 5.56. The van der Waals surface area contributed by atoms with Crippen LogP contribution in [-0.2, 0) is 14.4 Å². The van der Waals surface area contributed by atoms with Gasteiger partial charge in [0.2, 0.25) is 5.91 Å². The largest absolute Gasteiger partial charge is 0.334 e. The fraction of sp³-hybridized carbons (Fsp3) is 0.444. The van der Waals surface area contributed by atoms with Crippen molar-refractivity contribution in [2.45, 2.75) is 33.6 Å². The lowest BCUT2D eigenvalue weighted by Crippen LogP contribution is -2.39. The summed E-state index contributed by atoms with van der Waals surface area (Å²) in [4.78, 5) is 50.1.